The van der Waals surface area contributed by atoms with E-state index < -0.39 is 5.97 Å². The van der Waals surface area contributed by atoms with Crippen molar-refractivity contribution in [1.82, 2.24) is 14.7 Å². The maximum atomic E-state index is 12.5. The van der Waals surface area contributed by atoms with E-state index in [0.717, 1.165) is 37.1 Å². The van der Waals surface area contributed by atoms with Crippen LogP contribution in [0.15, 0.2) is 6.20 Å². The molecule has 0 aliphatic carbocycles. The molecule has 1 amide bonds. The highest BCUT2D eigenvalue weighted by Crippen LogP contribution is 2.20. The number of aryl methyl sites for hydroxylation is 1. The van der Waals surface area contributed by atoms with E-state index in [1.54, 1.807) is 6.20 Å². The maximum Gasteiger partial charge on any atom is 0.323 e. The smallest absolute Gasteiger partial charge is 0.323 e. The SMILES string of the molecule is CC(C)(C)CN(CC(=O)O)C(=O)Cc1cnn2c1CCCC2. The van der Waals surface area contributed by atoms with Crippen LogP contribution in [0.25, 0.3) is 0 Å². The highest BCUT2D eigenvalue weighted by atomic mass is 16.4. The highest BCUT2D eigenvalue weighted by Gasteiger charge is 2.25. The summed E-state index contributed by atoms with van der Waals surface area (Å²) >= 11 is 0. The largest absolute Gasteiger partial charge is 0.480 e. The summed E-state index contributed by atoms with van der Waals surface area (Å²) in [5.74, 6) is -1.12. The van der Waals surface area contributed by atoms with Gasteiger partial charge in [-0.25, -0.2) is 0 Å². The van der Waals surface area contributed by atoms with Gasteiger partial charge in [0.15, 0.2) is 0 Å². The summed E-state index contributed by atoms with van der Waals surface area (Å²) in [6.45, 7) is 7.08. The zero-order valence-corrected chi connectivity index (χ0v) is 13.6. The summed E-state index contributed by atoms with van der Waals surface area (Å²) in [5.41, 5.74) is 1.93. The molecule has 0 radical (unpaired) electrons. The van der Waals surface area contributed by atoms with Crippen LogP contribution in [0.1, 0.15) is 44.9 Å². The van der Waals surface area contributed by atoms with Crippen LogP contribution < -0.4 is 0 Å². The molecule has 0 atom stereocenters. The van der Waals surface area contributed by atoms with Crippen LogP contribution >= 0.6 is 0 Å². The van der Waals surface area contributed by atoms with Crippen LogP contribution in [0.5, 0.6) is 0 Å². The Morgan fingerprint density at radius 3 is 2.73 bits per heavy atom. The van der Waals surface area contributed by atoms with Crippen molar-refractivity contribution < 1.29 is 14.7 Å². The molecule has 0 saturated carbocycles. The van der Waals surface area contributed by atoms with Gasteiger partial charge in [-0.2, -0.15) is 5.10 Å². The molecule has 1 aliphatic rings. The quantitative estimate of drug-likeness (QED) is 0.898. The topological polar surface area (TPSA) is 75.4 Å². The number of aromatic nitrogens is 2. The third-order valence-electron chi connectivity index (χ3n) is 3.75. The Kier molecular flexibility index (Phi) is 4.88. The van der Waals surface area contributed by atoms with E-state index in [1.165, 1.54) is 4.90 Å². The predicted molar refractivity (Wildman–Crippen MR) is 82.5 cm³/mol. The number of hydrogen-bond donors (Lipinski definition) is 1. The number of aliphatic carboxylic acids is 1. The lowest BCUT2D eigenvalue weighted by Gasteiger charge is -2.29. The third-order valence-corrected chi connectivity index (χ3v) is 3.75. The van der Waals surface area contributed by atoms with Gasteiger partial charge in [0.25, 0.3) is 0 Å². The van der Waals surface area contributed by atoms with Gasteiger partial charge in [-0.15, -0.1) is 0 Å². The number of nitrogens with zero attached hydrogens (tertiary/aromatic N) is 3. The van der Waals surface area contributed by atoms with Crippen LogP contribution in [0.3, 0.4) is 0 Å². The number of carbonyl (C=O) groups is 2. The molecule has 1 aliphatic heterocycles. The zero-order chi connectivity index (χ0) is 16.3. The number of hydrogen-bond acceptors (Lipinski definition) is 3. The van der Waals surface area contributed by atoms with E-state index in [4.69, 9.17) is 5.11 Å². The Morgan fingerprint density at radius 2 is 2.09 bits per heavy atom. The molecule has 1 aromatic rings. The number of carbonyl (C=O) groups excluding carboxylic acids is 1. The lowest BCUT2D eigenvalue weighted by molar-refractivity contribution is -0.145. The van der Waals surface area contributed by atoms with Crippen molar-refractivity contribution in [1.29, 1.82) is 0 Å². The van der Waals surface area contributed by atoms with Crippen LogP contribution in [-0.2, 0) is 29.0 Å². The molecule has 2 heterocycles. The Hall–Kier alpha value is -1.85. The van der Waals surface area contributed by atoms with Crippen molar-refractivity contribution in [3.05, 3.63) is 17.5 Å². The summed E-state index contributed by atoms with van der Waals surface area (Å²) in [5, 5.41) is 13.4. The third kappa shape index (κ3) is 4.32. The van der Waals surface area contributed by atoms with Crippen LogP contribution in [0.2, 0.25) is 0 Å². The van der Waals surface area contributed by atoms with Crippen molar-refractivity contribution in [3.63, 3.8) is 0 Å². The molecular weight excluding hydrogens is 282 g/mol. The van der Waals surface area contributed by atoms with E-state index in [1.807, 2.05) is 25.5 Å². The number of carboxylic acids is 1. The van der Waals surface area contributed by atoms with Gasteiger partial charge in [0.2, 0.25) is 5.91 Å². The number of carboxylic acid groups (broad SMARTS) is 1. The van der Waals surface area contributed by atoms with Crippen LogP contribution in [0.4, 0.5) is 0 Å². The lowest BCUT2D eigenvalue weighted by Crippen LogP contribution is -2.41. The van der Waals surface area contributed by atoms with Crippen molar-refractivity contribution in [3.8, 4) is 0 Å². The standard InChI is InChI=1S/C16H25N3O3/c1-16(2,3)11-18(10-15(21)22)14(20)8-12-9-17-19-7-5-4-6-13(12)19/h9H,4-8,10-11H2,1-3H3,(H,21,22). The Morgan fingerprint density at radius 1 is 1.36 bits per heavy atom. The number of amides is 1. The molecule has 0 saturated heterocycles. The molecule has 0 aromatic carbocycles. The van der Waals surface area contributed by atoms with Crippen LogP contribution in [0, 0.1) is 5.41 Å². The average molecular weight is 307 g/mol. The van der Waals surface area contributed by atoms with Gasteiger partial charge >= 0.3 is 5.97 Å². The maximum absolute atomic E-state index is 12.5. The average Bonchev–Trinajstić information content (AvgIpc) is 2.79. The van der Waals surface area contributed by atoms with E-state index in [-0.39, 0.29) is 24.3 Å². The van der Waals surface area contributed by atoms with Gasteiger partial charge in [-0.3, -0.25) is 14.3 Å². The van der Waals surface area contributed by atoms with E-state index in [9.17, 15) is 9.59 Å². The normalized spacial score (nSPS) is 14.5. The highest BCUT2D eigenvalue weighted by molar-refractivity contribution is 5.83. The van der Waals surface area contributed by atoms with Gasteiger partial charge in [-0.1, -0.05) is 20.8 Å². The molecule has 1 aromatic heterocycles. The van der Waals surface area contributed by atoms with Crippen LogP contribution in [-0.4, -0.2) is 44.8 Å². The molecule has 6 nitrogen and oxygen atoms in total. The minimum Gasteiger partial charge on any atom is -0.480 e. The molecule has 6 heteroatoms. The van der Waals surface area contributed by atoms with Crippen molar-refractivity contribution in [2.75, 3.05) is 13.1 Å². The second kappa shape index (κ2) is 6.50. The van der Waals surface area contributed by atoms with E-state index in [0.29, 0.717) is 6.54 Å². The van der Waals surface area contributed by atoms with Crippen molar-refractivity contribution in [2.45, 2.75) is 53.0 Å². The molecule has 0 bridgehead atoms. The minimum absolute atomic E-state index is 0.135. The van der Waals surface area contributed by atoms with E-state index in [2.05, 4.69) is 5.10 Å². The van der Waals surface area contributed by atoms with Gasteiger partial charge < -0.3 is 10.0 Å². The zero-order valence-electron chi connectivity index (χ0n) is 13.6. The summed E-state index contributed by atoms with van der Waals surface area (Å²) in [6, 6.07) is 0. The Bertz CT molecular complexity index is 557. The number of rotatable bonds is 5. The lowest BCUT2D eigenvalue weighted by atomic mass is 9.95. The monoisotopic (exact) mass is 307 g/mol. The fraction of sp³-hybridized carbons (Fsp3) is 0.688. The van der Waals surface area contributed by atoms with E-state index >= 15 is 0 Å². The summed E-state index contributed by atoms with van der Waals surface area (Å²) in [4.78, 5) is 25.0. The molecule has 0 spiro atoms. The van der Waals surface area contributed by atoms with Gasteiger partial charge in [0, 0.05) is 24.3 Å². The predicted octanol–water partition coefficient (Wildman–Crippen LogP) is 1.72. The molecule has 1 N–H and O–H groups in total. The summed E-state index contributed by atoms with van der Waals surface area (Å²) in [7, 11) is 0. The Balaban J connectivity index is 2.10. The second-order valence-electron chi connectivity index (χ2n) is 7.18. The van der Waals surface area contributed by atoms with Gasteiger partial charge in [-0.05, 0) is 24.7 Å². The molecule has 0 unspecified atom stereocenters. The minimum atomic E-state index is -0.977. The first-order chi connectivity index (χ1) is 10.3. The molecular formula is C16H25N3O3. The first-order valence-corrected chi connectivity index (χ1v) is 7.79. The fourth-order valence-corrected chi connectivity index (χ4v) is 2.88. The molecule has 0 fully saturated rings. The second-order valence-corrected chi connectivity index (χ2v) is 7.18. The first-order valence-electron chi connectivity index (χ1n) is 7.79. The van der Waals surface area contributed by atoms with Gasteiger partial charge in [0.05, 0.1) is 12.6 Å². The van der Waals surface area contributed by atoms with Crippen molar-refractivity contribution in [2.24, 2.45) is 5.41 Å². The number of fused-ring (bicyclic) bond motifs is 1. The Labute approximate surface area is 131 Å². The molecule has 2 rings (SSSR count). The molecule has 22 heavy (non-hydrogen) atoms. The first kappa shape index (κ1) is 16.5. The summed E-state index contributed by atoms with van der Waals surface area (Å²) in [6.07, 6.45) is 5.18. The van der Waals surface area contributed by atoms with Gasteiger partial charge in [0.1, 0.15) is 6.54 Å². The fourth-order valence-electron chi connectivity index (χ4n) is 2.88. The molecule has 122 valence electrons. The summed E-state index contributed by atoms with van der Waals surface area (Å²) < 4.78 is 1.97. The van der Waals surface area contributed by atoms with Crippen molar-refractivity contribution >= 4 is 11.9 Å².